The molecule has 1 amide bonds. The number of carboxylic acid groups (broad SMARTS) is 1. The van der Waals surface area contributed by atoms with Crippen LogP contribution in [0.3, 0.4) is 0 Å². The molecule has 0 saturated carbocycles. The van der Waals surface area contributed by atoms with Gasteiger partial charge in [-0.25, -0.2) is 9.97 Å². The molecule has 0 unspecified atom stereocenters. The third-order valence-electron chi connectivity index (χ3n) is 2.96. The van der Waals surface area contributed by atoms with Gasteiger partial charge in [0.15, 0.2) is 0 Å². The van der Waals surface area contributed by atoms with Crippen LogP contribution in [0.2, 0.25) is 0 Å². The van der Waals surface area contributed by atoms with E-state index in [2.05, 4.69) is 20.1 Å². The lowest BCUT2D eigenvalue weighted by molar-refractivity contribution is -0.144. The zero-order valence-corrected chi connectivity index (χ0v) is 12.7. The molecule has 122 valence electrons. The zero-order valence-electron chi connectivity index (χ0n) is 12.7. The van der Waals surface area contributed by atoms with Crippen LogP contribution in [0, 0.1) is 0 Å². The quantitative estimate of drug-likeness (QED) is 0.757. The second kappa shape index (κ2) is 7.97. The number of aromatic nitrogens is 4. The van der Waals surface area contributed by atoms with Crippen molar-refractivity contribution < 1.29 is 19.2 Å². The SMILES string of the molecule is CCCN(CC(=O)O)C(=O)CCc1nc(-c2ncccn2)no1. The van der Waals surface area contributed by atoms with Crippen molar-refractivity contribution in [2.24, 2.45) is 0 Å². The standard InChI is InChI=1S/C14H17N5O4/c1-2-8-19(9-12(21)22)11(20)5-4-10-17-14(18-23-10)13-15-6-3-7-16-13/h3,6-7H,2,4-5,8-9H2,1H3,(H,21,22). The summed E-state index contributed by atoms with van der Waals surface area (Å²) in [5, 5.41) is 12.6. The molecule has 9 nitrogen and oxygen atoms in total. The van der Waals surface area contributed by atoms with Gasteiger partial charge in [-0.1, -0.05) is 12.1 Å². The fourth-order valence-electron chi connectivity index (χ4n) is 1.96. The number of carbonyl (C=O) groups excluding carboxylic acids is 1. The molecular weight excluding hydrogens is 302 g/mol. The second-order valence-electron chi connectivity index (χ2n) is 4.79. The summed E-state index contributed by atoms with van der Waals surface area (Å²) < 4.78 is 5.06. The minimum Gasteiger partial charge on any atom is -0.480 e. The number of aryl methyl sites for hydroxylation is 1. The molecule has 2 rings (SSSR count). The Morgan fingerprint density at radius 1 is 1.26 bits per heavy atom. The Morgan fingerprint density at radius 3 is 2.65 bits per heavy atom. The molecule has 0 bridgehead atoms. The number of carboxylic acids is 1. The Balaban J connectivity index is 1.93. The smallest absolute Gasteiger partial charge is 0.323 e. The predicted molar refractivity (Wildman–Crippen MR) is 78.2 cm³/mol. The molecule has 0 aliphatic rings. The van der Waals surface area contributed by atoms with Crippen molar-refractivity contribution in [2.75, 3.05) is 13.1 Å². The van der Waals surface area contributed by atoms with E-state index in [-0.39, 0.29) is 37.0 Å². The van der Waals surface area contributed by atoms with E-state index in [0.717, 1.165) is 0 Å². The minimum atomic E-state index is -1.03. The van der Waals surface area contributed by atoms with Gasteiger partial charge in [0.05, 0.1) is 0 Å². The number of carbonyl (C=O) groups is 2. The summed E-state index contributed by atoms with van der Waals surface area (Å²) in [7, 11) is 0. The Kier molecular flexibility index (Phi) is 5.73. The average molecular weight is 319 g/mol. The third-order valence-corrected chi connectivity index (χ3v) is 2.96. The Hall–Kier alpha value is -2.84. The van der Waals surface area contributed by atoms with Gasteiger partial charge in [0.2, 0.25) is 23.4 Å². The van der Waals surface area contributed by atoms with Crippen LogP contribution in [-0.2, 0) is 16.0 Å². The third kappa shape index (κ3) is 4.83. The van der Waals surface area contributed by atoms with Crippen LogP contribution in [0.5, 0.6) is 0 Å². The van der Waals surface area contributed by atoms with Gasteiger partial charge < -0.3 is 14.5 Å². The highest BCUT2D eigenvalue weighted by Crippen LogP contribution is 2.11. The van der Waals surface area contributed by atoms with E-state index in [1.165, 1.54) is 4.90 Å². The van der Waals surface area contributed by atoms with Gasteiger partial charge in [0.25, 0.3) is 0 Å². The van der Waals surface area contributed by atoms with E-state index in [0.29, 0.717) is 18.8 Å². The number of hydrogen-bond donors (Lipinski definition) is 1. The fourth-order valence-corrected chi connectivity index (χ4v) is 1.96. The van der Waals surface area contributed by atoms with Crippen LogP contribution in [0.1, 0.15) is 25.7 Å². The highest BCUT2D eigenvalue weighted by molar-refractivity contribution is 5.81. The van der Waals surface area contributed by atoms with Crippen LogP contribution in [-0.4, -0.2) is 55.1 Å². The number of hydrogen-bond acceptors (Lipinski definition) is 7. The molecule has 0 saturated heterocycles. The fraction of sp³-hybridized carbons (Fsp3) is 0.429. The van der Waals surface area contributed by atoms with E-state index in [9.17, 15) is 9.59 Å². The molecule has 0 spiro atoms. The molecular formula is C14H17N5O4. The molecule has 2 aromatic rings. The van der Waals surface area contributed by atoms with Crippen LogP contribution in [0.25, 0.3) is 11.6 Å². The molecule has 1 N–H and O–H groups in total. The van der Waals surface area contributed by atoms with E-state index in [4.69, 9.17) is 9.63 Å². The van der Waals surface area contributed by atoms with Crippen molar-refractivity contribution in [1.29, 1.82) is 0 Å². The van der Waals surface area contributed by atoms with Crippen LogP contribution in [0.4, 0.5) is 0 Å². The molecule has 0 aromatic carbocycles. The lowest BCUT2D eigenvalue weighted by Gasteiger charge is -2.19. The summed E-state index contributed by atoms with van der Waals surface area (Å²) in [5.74, 6) is -0.415. The molecule has 0 aliphatic carbocycles. The Morgan fingerprint density at radius 2 is 2.00 bits per heavy atom. The minimum absolute atomic E-state index is 0.102. The number of aliphatic carboxylic acids is 1. The maximum Gasteiger partial charge on any atom is 0.323 e. The molecule has 9 heteroatoms. The Labute approximate surface area is 132 Å². The van der Waals surface area contributed by atoms with Gasteiger partial charge in [-0.15, -0.1) is 0 Å². The highest BCUT2D eigenvalue weighted by Gasteiger charge is 2.18. The first-order chi connectivity index (χ1) is 11.1. The molecule has 0 radical (unpaired) electrons. The summed E-state index contributed by atoms with van der Waals surface area (Å²) in [5.41, 5.74) is 0. The average Bonchev–Trinajstić information content (AvgIpc) is 3.01. The number of rotatable bonds is 8. The van der Waals surface area contributed by atoms with E-state index < -0.39 is 5.97 Å². The van der Waals surface area contributed by atoms with E-state index in [1.54, 1.807) is 18.5 Å². The van der Waals surface area contributed by atoms with Crippen LogP contribution in [0.15, 0.2) is 23.0 Å². The van der Waals surface area contributed by atoms with Gasteiger partial charge in [0.1, 0.15) is 6.54 Å². The monoisotopic (exact) mass is 319 g/mol. The van der Waals surface area contributed by atoms with Crippen molar-refractivity contribution in [3.63, 3.8) is 0 Å². The van der Waals surface area contributed by atoms with Crippen LogP contribution < -0.4 is 0 Å². The van der Waals surface area contributed by atoms with Crippen molar-refractivity contribution in [2.45, 2.75) is 26.2 Å². The van der Waals surface area contributed by atoms with Crippen molar-refractivity contribution in [3.8, 4) is 11.6 Å². The summed E-state index contributed by atoms with van der Waals surface area (Å²) in [6.45, 7) is 1.98. The van der Waals surface area contributed by atoms with Gasteiger partial charge in [0, 0.05) is 31.8 Å². The first-order valence-corrected chi connectivity index (χ1v) is 7.19. The van der Waals surface area contributed by atoms with Gasteiger partial charge in [-0.05, 0) is 12.5 Å². The largest absolute Gasteiger partial charge is 0.480 e. The van der Waals surface area contributed by atoms with Gasteiger partial charge in [-0.3, -0.25) is 9.59 Å². The topological polar surface area (TPSA) is 122 Å². The van der Waals surface area contributed by atoms with Gasteiger partial charge in [-0.2, -0.15) is 4.98 Å². The van der Waals surface area contributed by atoms with E-state index in [1.807, 2.05) is 6.92 Å². The van der Waals surface area contributed by atoms with Crippen molar-refractivity contribution in [1.82, 2.24) is 25.0 Å². The molecule has 0 fully saturated rings. The number of nitrogens with zero attached hydrogens (tertiary/aromatic N) is 5. The lowest BCUT2D eigenvalue weighted by Crippen LogP contribution is -2.36. The van der Waals surface area contributed by atoms with Crippen molar-refractivity contribution in [3.05, 3.63) is 24.4 Å². The summed E-state index contributed by atoms with van der Waals surface area (Å²) in [4.78, 5) is 36.3. The number of amides is 1. The maximum atomic E-state index is 12.1. The lowest BCUT2D eigenvalue weighted by atomic mass is 10.2. The highest BCUT2D eigenvalue weighted by atomic mass is 16.5. The van der Waals surface area contributed by atoms with Crippen LogP contribution >= 0.6 is 0 Å². The molecule has 0 aliphatic heterocycles. The molecule has 2 heterocycles. The first kappa shape index (κ1) is 16.5. The second-order valence-corrected chi connectivity index (χ2v) is 4.79. The van der Waals surface area contributed by atoms with E-state index >= 15 is 0 Å². The molecule has 2 aromatic heterocycles. The van der Waals surface area contributed by atoms with Crippen molar-refractivity contribution >= 4 is 11.9 Å². The summed E-state index contributed by atoms with van der Waals surface area (Å²) >= 11 is 0. The van der Waals surface area contributed by atoms with Gasteiger partial charge >= 0.3 is 5.97 Å². The first-order valence-electron chi connectivity index (χ1n) is 7.19. The molecule has 23 heavy (non-hydrogen) atoms. The summed E-state index contributed by atoms with van der Waals surface area (Å²) in [6.07, 6.45) is 4.16. The Bertz CT molecular complexity index is 658. The summed E-state index contributed by atoms with van der Waals surface area (Å²) in [6, 6.07) is 1.67. The predicted octanol–water partition coefficient (Wildman–Crippen LogP) is 0.782. The molecule has 0 atom stereocenters. The normalized spacial score (nSPS) is 10.5. The zero-order chi connectivity index (χ0) is 16.7. The maximum absolute atomic E-state index is 12.1.